The third kappa shape index (κ3) is 4.24. The summed E-state index contributed by atoms with van der Waals surface area (Å²) in [5.74, 6) is 0.389. The Morgan fingerprint density at radius 2 is 2.30 bits per heavy atom. The Morgan fingerprint density at radius 3 is 3.00 bits per heavy atom. The predicted molar refractivity (Wildman–Crippen MR) is 78.2 cm³/mol. The van der Waals surface area contributed by atoms with Crippen LogP contribution >= 0.6 is 0 Å². The minimum Gasteiger partial charge on any atom is -0.319 e. The fourth-order valence-corrected chi connectivity index (χ4v) is 3.75. The lowest BCUT2D eigenvalue weighted by atomic mass is 10.00. The van der Waals surface area contributed by atoms with Gasteiger partial charge in [0.1, 0.15) is 0 Å². The van der Waals surface area contributed by atoms with E-state index in [0.29, 0.717) is 19.0 Å². The van der Waals surface area contributed by atoms with Gasteiger partial charge in [0.25, 0.3) is 10.2 Å². The van der Waals surface area contributed by atoms with Crippen LogP contribution < -0.4 is 10.0 Å². The number of piperidine rings is 1. The Bertz CT molecular complexity index is 504. The van der Waals surface area contributed by atoms with Crippen molar-refractivity contribution in [1.82, 2.24) is 19.3 Å². The van der Waals surface area contributed by atoms with E-state index in [2.05, 4.69) is 15.0 Å². The fourth-order valence-electron chi connectivity index (χ4n) is 2.46. The van der Waals surface area contributed by atoms with Crippen LogP contribution in [-0.4, -0.2) is 44.4 Å². The van der Waals surface area contributed by atoms with Gasteiger partial charge in [0.05, 0.1) is 12.2 Å². The van der Waals surface area contributed by atoms with Crippen molar-refractivity contribution in [2.24, 2.45) is 5.92 Å². The summed E-state index contributed by atoms with van der Waals surface area (Å²) in [4.78, 5) is 4.12. The molecule has 7 heteroatoms. The zero-order valence-corrected chi connectivity index (χ0v) is 12.6. The third-order valence-electron chi connectivity index (χ3n) is 3.48. The summed E-state index contributed by atoms with van der Waals surface area (Å²) < 4.78 is 28.7. The first-order valence-electron chi connectivity index (χ1n) is 6.91. The van der Waals surface area contributed by atoms with Crippen LogP contribution in [0.4, 0.5) is 0 Å². The molecular formula is C13H22N4O2S. The summed E-state index contributed by atoms with van der Waals surface area (Å²) in [6.45, 7) is 2.26. The number of nitrogens with one attached hydrogen (secondary N) is 2. The third-order valence-corrected chi connectivity index (χ3v) is 5.00. The molecule has 1 aromatic heterocycles. The molecular weight excluding hydrogens is 276 g/mol. The highest BCUT2D eigenvalue weighted by Gasteiger charge is 2.28. The summed E-state index contributed by atoms with van der Waals surface area (Å²) in [5.41, 5.74) is 0.722. The van der Waals surface area contributed by atoms with Crippen LogP contribution in [-0.2, 0) is 16.8 Å². The minimum absolute atomic E-state index is 0.233. The highest BCUT2D eigenvalue weighted by Crippen LogP contribution is 2.18. The summed E-state index contributed by atoms with van der Waals surface area (Å²) >= 11 is 0. The van der Waals surface area contributed by atoms with E-state index < -0.39 is 10.2 Å². The molecule has 2 rings (SSSR count). The molecule has 1 fully saturated rings. The van der Waals surface area contributed by atoms with E-state index in [4.69, 9.17) is 0 Å². The van der Waals surface area contributed by atoms with Gasteiger partial charge in [0.2, 0.25) is 0 Å². The summed E-state index contributed by atoms with van der Waals surface area (Å²) in [6.07, 6.45) is 3.65. The molecule has 0 amide bonds. The van der Waals surface area contributed by atoms with Crippen LogP contribution in [0.5, 0.6) is 0 Å². The molecule has 0 aliphatic carbocycles. The molecule has 0 saturated carbocycles. The monoisotopic (exact) mass is 298 g/mol. The first-order valence-corrected chi connectivity index (χ1v) is 8.35. The van der Waals surface area contributed by atoms with Crippen LogP contribution in [0.15, 0.2) is 24.4 Å². The maximum Gasteiger partial charge on any atom is 0.279 e. The van der Waals surface area contributed by atoms with E-state index in [-0.39, 0.29) is 6.54 Å². The first kappa shape index (κ1) is 15.4. The number of pyridine rings is 1. The Balaban J connectivity index is 1.92. The van der Waals surface area contributed by atoms with E-state index >= 15 is 0 Å². The van der Waals surface area contributed by atoms with Gasteiger partial charge in [-0.05, 0) is 44.5 Å². The summed E-state index contributed by atoms with van der Waals surface area (Å²) in [7, 11) is -1.52. The van der Waals surface area contributed by atoms with E-state index in [1.807, 2.05) is 25.2 Å². The molecule has 1 aromatic rings. The molecule has 20 heavy (non-hydrogen) atoms. The van der Waals surface area contributed by atoms with Gasteiger partial charge in [0.15, 0.2) is 0 Å². The van der Waals surface area contributed by atoms with Crippen molar-refractivity contribution in [3.05, 3.63) is 30.1 Å². The molecule has 0 spiro atoms. The minimum atomic E-state index is -3.42. The highest BCUT2D eigenvalue weighted by atomic mass is 32.2. The van der Waals surface area contributed by atoms with Crippen molar-refractivity contribution >= 4 is 10.2 Å². The second-order valence-electron chi connectivity index (χ2n) is 5.07. The fraction of sp³-hybridized carbons (Fsp3) is 0.615. The molecule has 1 aliphatic heterocycles. The van der Waals surface area contributed by atoms with Crippen LogP contribution in [0.1, 0.15) is 18.5 Å². The number of hydrogen-bond acceptors (Lipinski definition) is 4. The zero-order chi connectivity index (χ0) is 14.4. The average molecular weight is 298 g/mol. The molecule has 2 N–H and O–H groups in total. The summed E-state index contributed by atoms with van der Waals surface area (Å²) in [5, 5.41) is 3.12. The van der Waals surface area contributed by atoms with E-state index in [1.165, 1.54) is 0 Å². The smallest absolute Gasteiger partial charge is 0.279 e. The van der Waals surface area contributed by atoms with Crippen molar-refractivity contribution in [2.75, 3.05) is 26.7 Å². The summed E-state index contributed by atoms with van der Waals surface area (Å²) in [6, 6.07) is 5.47. The molecule has 1 aliphatic rings. The van der Waals surface area contributed by atoms with Gasteiger partial charge in [-0.3, -0.25) is 4.98 Å². The average Bonchev–Trinajstić information content (AvgIpc) is 2.47. The Labute approximate surface area is 120 Å². The van der Waals surface area contributed by atoms with Crippen molar-refractivity contribution < 1.29 is 8.42 Å². The molecule has 6 nitrogen and oxygen atoms in total. The number of aromatic nitrogens is 1. The van der Waals surface area contributed by atoms with E-state index in [0.717, 1.165) is 25.1 Å². The maximum absolute atomic E-state index is 12.3. The van der Waals surface area contributed by atoms with Crippen LogP contribution in [0, 0.1) is 5.92 Å². The van der Waals surface area contributed by atoms with Gasteiger partial charge in [-0.2, -0.15) is 17.4 Å². The lowest BCUT2D eigenvalue weighted by Gasteiger charge is -2.31. The molecule has 0 radical (unpaired) electrons. The quantitative estimate of drug-likeness (QED) is 0.794. The van der Waals surface area contributed by atoms with Crippen molar-refractivity contribution in [3.8, 4) is 0 Å². The molecule has 1 saturated heterocycles. The molecule has 112 valence electrons. The van der Waals surface area contributed by atoms with Gasteiger partial charge in [-0.25, -0.2) is 0 Å². The standard InChI is InChI=1S/C13H22N4O2S/c1-14-9-12-5-4-8-17(11-12)20(18,19)16-10-13-6-2-3-7-15-13/h2-3,6-7,12,14,16H,4-5,8-11H2,1H3. The van der Waals surface area contributed by atoms with Gasteiger partial charge in [-0.15, -0.1) is 0 Å². The van der Waals surface area contributed by atoms with E-state index in [1.54, 1.807) is 10.5 Å². The van der Waals surface area contributed by atoms with Gasteiger partial charge >= 0.3 is 0 Å². The lowest BCUT2D eigenvalue weighted by Crippen LogP contribution is -2.47. The van der Waals surface area contributed by atoms with Crippen LogP contribution in [0.2, 0.25) is 0 Å². The predicted octanol–water partition coefficient (Wildman–Crippen LogP) is 0.347. The van der Waals surface area contributed by atoms with Crippen molar-refractivity contribution in [1.29, 1.82) is 0 Å². The number of hydrogen-bond donors (Lipinski definition) is 2. The Hall–Kier alpha value is -1.02. The Kier molecular flexibility index (Phi) is 5.47. The SMILES string of the molecule is CNCC1CCCN(S(=O)(=O)NCc2ccccn2)C1. The zero-order valence-electron chi connectivity index (χ0n) is 11.7. The molecule has 1 atom stereocenters. The molecule has 0 aromatic carbocycles. The normalized spacial score (nSPS) is 20.9. The molecule has 2 heterocycles. The Morgan fingerprint density at radius 1 is 1.45 bits per heavy atom. The lowest BCUT2D eigenvalue weighted by molar-refractivity contribution is 0.261. The molecule has 0 bridgehead atoms. The highest BCUT2D eigenvalue weighted by molar-refractivity contribution is 7.87. The second kappa shape index (κ2) is 7.12. The first-order chi connectivity index (χ1) is 9.62. The van der Waals surface area contributed by atoms with Crippen LogP contribution in [0.25, 0.3) is 0 Å². The molecule has 1 unspecified atom stereocenters. The van der Waals surface area contributed by atoms with Gasteiger partial charge in [0, 0.05) is 19.3 Å². The van der Waals surface area contributed by atoms with Crippen LogP contribution in [0.3, 0.4) is 0 Å². The largest absolute Gasteiger partial charge is 0.319 e. The van der Waals surface area contributed by atoms with E-state index in [9.17, 15) is 8.42 Å². The number of rotatable bonds is 6. The van der Waals surface area contributed by atoms with Crippen molar-refractivity contribution in [3.63, 3.8) is 0 Å². The van der Waals surface area contributed by atoms with Gasteiger partial charge in [-0.1, -0.05) is 6.07 Å². The van der Waals surface area contributed by atoms with Gasteiger partial charge < -0.3 is 5.32 Å². The topological polar surface area (TPSA) is 74.3 Å². The second-order valence-corrected chi connectivity index (χ2v) is 6.83. The maximum atomic E-state index is 12.3. The number of nitrogens with zero attached hydrogens (tertiary/aromatic N) is 2. The van der Waals surface area contributed by atoms with Crippen molar-refractivity contribution in [2.45, 2.75) is 19.4 Å².